The summed E-state index contributed by atoms with van der Waals surface area (Å²) in [4.78, 5) is 6.84. The van der Waals surface area contributed by atoms with E-state index in [9.17, 15) is 4.39 Å². The standard InChI is InChI=1S/C21H20FN3O3/c22-16-5-3-4-14(10-16)17-6-1-2-9-25(17)12-20-23-21(24-28-20)15-7-8-18-19(11-15)27-13-26-18/h3-5,7-8,10-11,17H,1-2,6,9,12-13H2/t17-/m1/s1. The molecule has 0 bridgehead atoms. The molecule has 0 amide bonds. The molecule has 1 aromatic heterocycles. The molecule has 3 aromatic rings. The molecule has 6 nitrogen and oxygen atoms in total. The van der Waals surface area contributed by atoms with Crippen molar-refractivity contribution >= 4 is 0 Å². The van der Waals surface area contributed by atoms with Crippen molar-refractivity contribution in [2.45, 2.75) is 31.8 Å². The van der Waals surface area contributed by atoms with Gasteiger partial charge in [-0.2, -0.15) is 4.98 Å². The molecule has 2 aromatic carbocycles. The summed E-state index contributed by atoms with van der Waals surface area (Å²) in [7, 11) is 0. The fourth-order valence-electron chi connectivity index (χ4n) is 3.92. The van der Waals surface area contributed by atoms with Crippen molar-refractivity contribution in [2.75, 3.05) is 13.3 Å². The van der Waals surface area contributed by atoms with Crippen molar-refractivity contribution in [2.24, 2.45) is 0 Å². The minimum atomic E-state index is -0.203. The first-order chi connectivity index (χ1) is 13.8. The number of rotatable bonds is 4. The molecule has 5 rings (SSSR count). The lowest BCUT2D eigenvalue weighted by molar-refractivity contribution is 0.123. The highest BCUT2D eigenvalue weighted by molar-refractivity contribution is 5.61. The molecule has 1 fully saturated rings. The zero-order chi connectivity index (χ0) is 18.9. The average molecular weight is 381 g/mol. The number of ether oxygens (including phenoxy) is 2. The highest BCUT2D eigenvalue weighted by Gasteiger charge is 2.26. The van der Waals surface area contributed by atoms with E-state index in [2.05, 4.69) is 15.0 Å². The predicted molar refractivity (Wildman–Crippen MR) is 99.3 cm³/mol. The van der Waals surface area contributed by atoms with Crippen LogP contribution in [0.1, 0.15) is 36.8 Å². The monoisotopic (exact) mass is 381 g/mol. The van der Waals surface area contributed by atoms with Gasteiger partial charge in [0.1, 0.15) is 5.82 Å². The molecule has 0 aliphatic carbocycles. The highest BCUT2D eigenvalue weighted by Crippen LogP contribution is 2.36. The Morgan fingerprint density at radius 1 is 1.07 bits per heavy atom. The Morgan fingerprint density at radius 3 is 2.93 bits per heavy atom. The fourth-order valence-corrected chi connectivity index (χ4v) is 3.92. The number of aromatic nitrogens is 2. The third kappa shape index (κ3) is 3.33. The molecule has 3 heterocycles. The number of halogens is 1. The van der Waals surface area contributed by atoms with Gasteiger partial charge in [0.2, 0.25) is 18.5 Å². The van der Waals surface area contributed by atoms with Gasteiger partial charge in [-0.1, -0.05) is 23.7 Å². The van der Waals surface area contributed by atoms with Gasteiger partial charge < -0.3 is 14.0 Å². The van der Waals surface area contributed by atoms with Crippen LogP contribution < -0.4 is 9.47 Å². The summed E-state index contributed by atoms with van der Waals surface area (Å²) in [6, 6.07) is 12.6. The maximum Gasteiger partial charge on any atom is 0.241 e. The minimum absolute atomic E-state index is 0.158. The van der Waals surface area contributed by atoms with E-state index in [4.69, 9.17) is 14.0 Å². The molecule has 0 N–H and O–H groups in total. The molecule has 7 heteroatoms. The van der Waals surface area contributed by atoms with Gasteiger partial charge in [0.15, 0.2) is 11.5 Å². The first kappa shape index (κ1) is 17.2. The number of hydrogen-bond acceptors (Lipinski definition) is 6. The topological polar surface area (TPSA) is 60.6 Å². The molecular formula is C21H20FN3O3. The van der Waals surface area contributed by atoms with E-state index in [0.29, 0.717) is 24.0 Å². The van der Waals surface area contributed by atoms with Gasteiger partial charge >= 0.3 is 0 Å². The van der Waals surface area contributed by atoms with Crippen LogP contribution in [0.15, 0.2) is 47.0 Å². The average Bonchev–Trinajstić information content (AvgIpc) is 3.37. The fraction of sp³-hybridized carbons (Fsp3) is 0.333. The van der Waals surface area contributed by atoms with Crippen LogP contribution in [0.2, 0.25) is 0 Å². The van der Waals surface area contributed by atoms with Crippen molar-refractivity contribution < 1.29 is 18.4 Å². The number of piperidine rings is 1. The zero-order valence-electron chi connectivity index (χ0n) is 15.3. The van der Waals surface area contributed by atoms with Crippen LogP contribution in [-0.2, 0) is 6.54 Å². The Morgan fingerprint density at radius 2 is 2.00 bits per heavy atom. The minimum Gasteiger partial charge on any atom is -0.454 e. The van der Waals surface area contributed by atoms with Crippen molar-refractivity contribution in [1.82, 2.24) is 15.0 Å². The molecule has 0 spiro atoms. The Bertz CT molecular complexity index is 991. The van der Waals surface area contributed by atoms with E-state index in [1.165, 1.54) is 6.07 Å². The number of fused-ring (bicyclic) bond motifs is 1. The molecule has 0 saturated carbocycles. The second-order valence-electron chi connectivity index (χ2n) is 7.12. The normalized spacial score (nSPS) is 19.1. The summed E-state index contributed by atoms with van der Waals surface area (Å²) in [5.41, 5.74) is 1.81. The smallest absolute Gasteiger partial charge is 0.241 e. The number of hydrogen-bond donors (Lipinski definition) is 0. The molecule has 0 unspecified atom stereocenters. The third-order valence-electron chi connectivity index (χ3n) is 5.28. The Labute approximate surface area is 161 Å². The quantitative estimate of drug-likeness (QED) is 0.670. The lowest BCUT2D eigenvalue weighted by Gasteiger charge is -2.35. The van der Waals surface area contributed by atoms with Crippen molar-refractivity contribution in [3.63, 3.8) is 0 Å². The van der Waals surface area contributed by atoms with E-state index in [1.54, 1.807) is 12.1 Å². The molecule has 1 saturated heterocycles. The van der Waals surface area contributed by atoms with Gasteiger partial charge in [-0.15, -0.1) is 0 Å². The second kappa shape index (κ2) is 7.24. The first-order valence-corrected chi connectivity index (χ1v) is 9.48. The van der Waals surface area contributed by atoms with Crippen LogP contribution in [0, 0.1) is 5.82 Å². The van der Waals surface area contributed by atoms with Crippen LogP contribution in [0.4, 0.5) is 4.39 Å². The Kier molecular flexibility index (Phi) is 4.44. The summed E-state index contributed by atoms with van der Waals surface area (Å²) < 4.78 is 29.9. The molecule has 2 aliphatic rings. The van der Waals surface area contributed by atoms with E-state index in [1.807, 2.05) is 24.3 Å². The first-order valence-electron chi connectivity index (χ1n) is 9.48. The van der Waals surface area contributed by atoms with E-state index < -0.39 is 0 Å². The number of benzene rings is 2. The maximum atomic E-state index is 13.7. The van der Waals surface area contributed by atoms with Crippen molar-refractivity contribution in [3.8, 4) is 22.9 Å². The largest absolute Gasteiger partial charge is 0.454 e. The van der Waals surface area contributed by atoms with Crippen LogP contribution in [0.25, 0.3) is 11.4 Å². The van der Waals surface area contributed by atoms with Crippen LogP contribution in [-0.4, -0.2) is 28.4 Å². The molecule has 144 valence electrons. The summed E-state index contributed by atoms with van der Waals surface area (Å²) >= 11 is 0. The summed E-state index contributed by atoms with van der Waals surface area (Å²) in [6.45, 7) is 1.69. The van der Waals surface area contributed by atoms with Crippen molar-refractivity contribution in [1.29, 1.82) is 0 Å². The molecular weight excluding hydrogens is 361 g/mol. The number of nitrogens with zero attached hydrogens (tertiary/aromatic N) is 3. The lowest BCUT2D eigenvalue weighted by atomic mass is 9.95. The Balaban J connectivity index is 1.35. The van der Waals surface area contributed by atoms with Gasteiger partial charge in [0, 0.05) is 11.6 Å². The highest BCUT2D eigenvalue weighted by atomic mass is 19.1. The SMILES string of the molecule is Fc1cccc([C@H]2CCCCN2Cc2nc(-c3ccc4c(c3)OCO4)no2)c1. The summed E-state index contributed by atoms with van der Waals surface area (Å²) in [5, 5.41) is 4.12. The maximum absolute atomic E-state index is 13.7. The van der Waals surface area contributed by atoms with E-state index in [-0.39, 0.29) is 18.7 Å². The molecule has 1 atom stereocenters. The second-order valence-corrected chi connectivity index (χ2v) is 7.12. The summed E-state index contributed by atoms with van der Waals surface area (Å²) in [6.07, 6.45) is 3.23. The van der Waals surface area contributed by atoms with Gasteiger partial charge in [-0.25, -0.2) is 4.39 Å². The predicted octanol–water partition coefficient (Wildman–Crippen LogP) is 4.33. The van der Waals surface area contributed by atoms with Crippen molar-refractivity contribution in [3.05, 3.63) is 59.7 Å². The summed E-state index contributed by atoms with van der Waals surface area (Å²) in [5.74, 6) is 2.28. The van der Waals surface area contributed by atoms with Gasteiger partial charge in [0.25, 0.3) is 0 Å². The Hall–Kier alpha value is -2.93. The molecule has 0 radical (unpaired) electrons. The molecule has 2 aliphatic heterocycles. The third-order valence-corrected chi connectivity index (χ3v) is 5.28. The van der Waals surface area contributed by atoms with Gasteiger partial charge in [-0.3, -0.25) is 4.90 Å². The van der Waals surface area contributed by atoms with Crippen LogP contribution in [0.5, 0.6) is 11.5 Å². The van der Waals surface area contributed by atoms with E-state index in [0.717, 1.165) is 42.7 Å². The van der Waals surface area contributed by atoms with E-state index >= 15 is 0 Å². The van der Waals surface area contributed by atoms with Gasteiger partial charge in [-0.05, 0) is 55.3 Å². The number of likely N-dealkylation sites (tertiary alicyclic amines) is 1. The van der Waals surface area contributed by atoms with Crippen LogP contribution >= 0.6 is 0 Å². The van der Waals surface area contributed by atoms with Crippen LogP contribution in [0.3, 0.4) is 0 Å². The van der Waals surface area contributed by atoms with Gasteiger partial charge in [0.05, 0.1) is 6.54 Å². The zero-order valence-corrected chi connectivity index (χ0v) is 15.3. The lowest BCUT2D eigenvalue weighted by Crippen LogP contribution is -2.33. The molecule has 28 heavy (non-hydrogen) atoms.